The van der Waals surface area contributed by atoms with Gasteiger partial charge in [0, 0.05) is 6.04 Å². The van der Waals surface area contributed by atoms with Gasteiger partial charge in [0.05, 0.1) is 19.6 Å². The molecule has 15 heavy (non-hydrogen) atoms. The van der Waals surface area contributed by atoms with Crippen LogP contribution in [0.1, 0.15) is 18.0 Å². The van der Waals surface area contributed by atoms with Gasteiger partial charge in [-0.3, -0.25) is 0 Å². The van der Waals surface area contributed by atoms with Crippen molar-refractivity contribution in [1.82, 2.24) is 0 Å². The number of nitrogens with zero attached hydrogens (tertiary/aromatic N) is 1. The van der Waals surface area contributed by atoms with Gasteiger partial charge in [0.25, 0.3) is 0 Å². The zero-order chi connectivity index (χ0) is 10.6. The van der Waals surface area contributed by atoms with E-state index in [0.29, 0.717) is 5.56 Å². The molecule has 0 spiro atoms. The predicted octanol–water partition coefficient (Wildman–Crippen LogP) is 2.17. The lowest BCUT2D eigenvalue weighted by Crippen LogP contribution is -2.09. The number of ether oxygens (including phenoxy) is 1. The first-order chi connectivity index (χ1) is 6.69. The fourth-order valence-corrected chi connectivity index (χ4v) is 1.12. The monoisotopic (exact) mass is 230 g/mol. The fourth-order valence-electron chi connectivity index (χ4n) is 1.12. The Morgan fingerprint density at radius 3 is 2.80 bits per heavy atom. The third kappa shape index (κ3) is 3.39. The minimum absolute atomic E-state index is 0. The van der Waals surface area contributed by atoms with Crippen molar-refractivity contribution in [1.29, 1.82) is 5.26 Å². The second kappa shape index (κ2) is 6.23. The highest BCUT2D eigenvalue weighted by molar-refractivity contribution is 5.85. The summed E-state index contributed by atoms with van der Waals surface area (Å²) in [6, 6.07) is 5.91. The number of methoxy groups -OCH3 is 1. The van der Waals surface area contributed by atoms with Gasteiger partial charge in [-0.05, 0) is 17.7 Å². The lowest BCUT2D eigenvalue weighted by Gasteiger charge is -2.09. The molecule has 0 heterocycles. The minimum atomic E-state index is -0.430. The van der Waals surface area contributed by atoms with Crippen molar-refractivity contribution in [2.24, 2.45) is 5.73 Å². The number of halogens is 2. The Bertz CT molecular complexity index is 365. The average molecular weight is 231 g/mol. The van der Waals surface area contributed by atoms with Crippen molar-refractivity contribution in [3.8, 4) is 11.8 Å². The van der Waals surface area contributed by atoms with Crippen molar-refractivity contribution in [2.75, 3.05) is 7.11 Å². The van der Waals surface area contributed by atoms with Gasteiger partial charge >= 0.3 is 0 Å². The van der Waals surface area contributed by atoms with E-state index < -0.39 is 11.9 Å². The molecular weight excluding hydrogens is 219 g/mol. The predicted molar refractivity (Wildman–Crippen MR) is 57.4 cm³/mol. The van der Waals surface area contributed by atoms with Gasteiger partial charge in [-0.15, -0.1) is 12.4 Å². The van der Waals surface area contributed by atoms with Gasteiger partial charge in [0.2, 0.25) is 0 Å². The van der Waals surface area contributed by atoms with Gasteiger partial charge in [-0.1, -0.05) is 6.07 Å². The van der Waals surface area contributed by atoms with Crippen LogP contribution in [0.15, 0.2) is 18.2 Å². The molecule has 1 atom stereocenters. The normalized spacial score (nSPS) is 11.1. The number of rotatable bonds is 3. The van der Waals surface area contributed by atoms with Crippen LogP contribution in [-0.2, 0) is 0 Å². The van der Waals surface area contributed by atoms with Crippen LogP contribution in [0.2, 0.25) is 0 Å². The molecule has 0 bridgehead atoms. The number of benzene rings is 1. The molecule has 1 rings (SSSR count). The molecule has 0 aromatic heterocycles. The van der Waals surface area contributed by atoms with E-state index in [1.165, 1.54) is 19.2 Å². The molecule has 0 aliphatic carbocycles. The van der Waals surface area contributed by atoms with E-state index in [1.807, 2.05) is 6.07 Å². The molecule has 2 N–H and O–H groups in total. The van der Waals surface area contributed by atoms with E-state index in [-0.39, 0.29) is 24.6 Å². The molecule has 0 saturated heterocycles. The number of hydrogen-bond donors (Lipinski definition) is 1. The van der Waals surface area contributed by atoms with Gasteiger partial charge in [0.15, 0.2) is 11.6 Å². The lowest BCUT2D eigenvalue weighted by molar-refractivity contribution is 0.385. The molecule has 0 aliphatic rings. The molecule has 1 aromatic carbocycles. The molecule has 0 fully saturated rings. The summed E-state index contributed by atoms with van der Waals surface area (Å²) in [5.74, 6) is -0.281. The molecule has 82 valence electrons. The Hall–Kier alpha value is -1.31. The van der Waals surface area contributed by atoms with Crippen LogP contribution in [0.3, 0.4) is 0 Å². The smallest absolute Gasteiger partial charge is 0.165 e. The summed E-state index contributed by atoms with van der Waals surface area (Å²) in [4.78, 5) is 0. The first-order valence-electron chi connectivity index (χ1n) is 4.15. The summed E-state index contributed by atoms with van der Waals surface area (Å²) in [6.45, 7) is 0. The third-order valence-corrected chi connectivity index (χ3v) is 1.91. The summed E-state index contributed by atoms with van der Waals surface area (Å²) >= 11 is 0. The van der Waals surface area contributed by atoms with Crippen LogP contribution in [0.5, 0.6) is 5.75 Å². The molecular formula is C10H12ClFN2O. The first kappa shape index (κ1) is 13.7. The maximum Gasteiger partial charge on any atom is 0.165 e. The van der Waals surface area contributed by atoms with Crippen molar-refractivity contribution in [3.05, 3.63) is 29.6 Å². The standard InChI is InChI=1S/C10H11FN2O.ClH/c1-14-10-6-7(2-3-8(10)11)9(13)4-5-12;/h2-3,6,9H,4,13H2,1H3;1H/t9-;/m0./s1. The number of hydrogen-bond acceptors (Lipinski definition) is 3. The van der Waals surface area contributed by atoms with E-state index in [9.17, 15) is 4.39 Å². The largest absolute Gasteiger partial charge is 0.494 e. The Kier molecular flexibility index (Phi) is 5.68. The van der Waals surface area contributed by atoms with E-state index >= 15 is 0 Å². The zero-order valence-electron chi connectivity index (χ0n) is 8.24. The fraction of sp³-hybridized carbons (Fsp3) is 0.300. The maximum absolute atomic E-state index is 13.0. The van der Waals surface area contributed by atoms with Crippen LogP contribution in [0.4, 0.5) is 4.39 Å². The highest BCUT2D eigenvalue weighted by Crippen LogP contribution is 2.22. The molecule has 5 heteroatoms. The van der Waals surface area contributed by atoms with E-state index in [4.69, 9.17) is 15.7 Å². The molecule has 0 radical (unpaired) electrons. The number of nitrogens with two attached hydrogens (primary N) is 1. The highest BCUT2D eigenvalue weighted by Gasteiger charge is 2.09. The molecule has 0 aliphatic heterocycles. The Balaban J connectivity index is 0.00000196. The zero-order valence-corrected chi connectivity index (χ0v) is 9.05. The molecule has 0 amide bonds. The van der Waals surface area contributed by atoms with Crippen molar-refractivity contribution in [2.45, 2.75) is 12.5 Å². The van der Waals surface area contributed by atoms with E-state index in [2.05, 4.69) is 0 Å². The molecule has 3 nitrogen and oxygen atoms in total. The van der Waals surface area contributed by atoms with Gasteiger partial charge < -0.3 is 10.5 Å². The number of nitriles is 1. The lowest BCUT2D eigenvalue weighted by atomic mass is 10.1. The summed E-state index contributed by atoms with van der Waals surface area (Å²) < 4.78 is 17.8. The molecule has 1 aromatic rings. The molecule has 0 saturated carbocycles. The summed E-state index contributed by atoms with van der Waals surface area (Å²) in [7, 11) is 1.39. The van der Waals surface area contributed by atoms with Gasteiger partial charge in [-0.25, -0.2) is 4.39 Å². The second-order valence-corrected chi connectivity index (χ2v) is 2.86. The van der Waals surface area contributed by atoms with Crippen molar-refractivity contribution in [3.63, 3.8) is 0 Å². The van der Waals surface area contributed by atoms with Crippen LogP contribution < -0.4 is 10.5 Å². The second-order valence-electron chi connectivity index (χ2n) is 2.86. The van der Waals surface area contributed by atoms with Crippen LogP contribution in [0, 0.1) is 17.1 Å². The quantitative estimate of drug-likeness (QED) is 0.866. The minimum Gasteiger partial charge on any atom is -0.494 e. The van der Waals surface area contributed by atoms with Crippen LogP contribution >= 0.6 is 12.4 Å². The summed E-state index contributed by atoms with van der Waals surface area (Å²) in [5.41, 5.74) is 6.38. The molecule has 0 unspecified atom stereocenters. The first-order valence-corrected chi connectivity index (χ1v) is 4.15. The van der Waals surface area contributed by atoms with Crippen molar-refractivity contribution >= 4 is 12.4 Å². The summed E-state index contributed by atoms with van der Waals surface area (Å²) in [5, 5.41) is 8.44. The maximum atomic E-state index is 13.0. The Morgan fingerprint density at radius 2 is 2.27 bits per heavy atom. The van der Waals surface area contributed by atoms with E-state index in [0.717, 1.165) is 0 Å². The SMILES string of the molecule is COc1cc([C@@H](N)CC#N)ccc1F.Cl. The third-order valence-electron chi connectivity index (χ3n) is 1.91. The van der Waals surface area contributed by atoms with Gasteiger partial charge in [-0.2, -0.15) is 5.26 Å². The Morgan fingerprint density at radius 1 is 1.60 bits per heavy atom. The van der Waals surface area contributed by atoms with Crippen LogP contribution in [-0.4, -0.2) is 7.11 Å². The van der Waals surface area contributed by atoms with Crippen molar-refractivity contribution < 1.29 is 9.13 Å². The Labute approximate surface area is 94.1 Å². The highest BCUT2D eigenvalue weighted by atomic mass is 35.5. The van der Waals surface area contributed by atoms with Gasteiger partial charge in [0.1, 0.15) is 0 Å². The average Bonchev–Trinajstić information content (AvgIpc) is 2.19. The topological polar surface area (TPSA) is 59.0 Å². The van der Waals surface area contributed by atoms with Crippen LogP contribution in [0.25, 0.3) is 0 Å². The summed E-state index contributed by atoms with van der Waals surface area (Å²) in [6.07, 6.45) is 0.203. The van der Waals surface area contributed by atoms with E-state index in [1.54, 1.807) is 6.07 Å².